The topological polar surface area (TPSA) is 56.8 Å². The SMILES string of the molecule is COc1c(I)cc(C(=O)Nc2ccc(Oc3ccccc3)cc2)cc1OCc1ccccc1. The number of para-hydroxylation sites is 1. The average molecular weight is 551 g/mol. The van der Waals surface area contributed by atoms with Crippen LogP contribution >= 0.6 is 22.6 Å². The Morgan fingerprint density at radius 1 is 0.848 bits per heavy atom. The standard InChI is InChI=1S/C27H22INO4/c1-31-26-24(28)16-20(17-25(26)32-18-19-8-4-2-5-9-19)27(30)29-21-12-14-23(15-13-21)33-22-10-6-3-7-11-22/h2-17H,18H2,1H3,(H,29,30). The van der Waals surface area contributed by atoms with Gasteiger partial charge in [0.15, 0.2) is 11.5 Å². The van der Waals surface area contributed by atoms with Crippen molar-refractivity contribution in [1.82, 2.24) is 0 Å². The Bertz CT molecular complexity index is 1210. The highest BCUT2D eigenvalue weighted by Crippen LogP contribution is 2.34. The van der Waals surface area contributed by atoms with Crippen LogP contribution in [-0.2, 0) is 6.61 Å². The van der Waals surface area contributed by atoms with Gasteiger partial charge in [-0.25, -0.2) is 0 Å². The van der Waals surface area contributed by atoms with E-state index in [1.54, 1.807) is 31.4 Å². The molecule has 4 aromatic rings. The van der Waals surface area contributed by atoms with Gasteiger partial charge in [-0.1, -0.05) is 48.5 Å². The fourth-order valence-corrected chi connectivity index (χ4v) is 4.00. The van der Waals surface area contributed by atoms with Crippen molar-refractivity contribution in [2.45, 2.75) is 6.61 Å². The molecule has 33 heavy (non-hydrogen) atoms. The zero-order chi connectivity index (χ0) is 23.0. The predicted molar refractivity (Wildman–Crippen MR) is 137 cm³/mol. The maximum Gasteiger partial charge on any atom is 0.255 e. The number of anilines is 1. The van der Waals surface area contributed by atoms with E-state index in [-0.39, 0.29) is 5.91 Å². The van der Waals surface area contributed by atoms with Crippen molar-refractivity contribution >= 4 is 34.2 Å². The van der Waals surface area contributed by atoms with Gasteiger partial charge in [0.1, 0.15) is 18.1 Å². The van der Waals surface area contributed by atoms with Crippen molar-refractivity contribution in [2.24, 2.45) is 0 Å². The van der Waals surface area contributed by atoms with E-state index in [1.807, 2.05) is 72.8 Å². The van der Waals surface area contributed by atoms with Gasteiger partial charge in [0.2, 0.25) is 0 Å². The van der Waals surface area contributed by atoms with Crippen LogP contribution in [0.25, 0.3) is 0 Å². The lowest BCUT2D eigenvalue weighted by Gasteiger charge is -2.14. The monoisotopic (exact) mass is 551 g/mol. The molecule has 0 atom stereocenters. The molecule has 0 saturated carbocycles. The first-order valence-corrected chi connectivity index (χ1v) is 11.4. The van der Waals surface area contributed by atoms with Crippen LogP contribution < -0.4 is 19.5 Å². The normalized spacial score (nSPS) is 10.4. The van der Waals surface area contributed by atoms with E-state index in [2.05, 4.69) is 27.9 Å². The number of carbonyl (C=O) groups is 1. The average Bonchev–Trinajstić information content (AvgIpc) is 2.85. The van der Waals surface area contributed by atoms with Crippen LogP contribution in [0.2, 0.25) is 0 Å². The second-order valence-corrected chi connectivity index (χ2v) is 8.32. The molecule has 0 unspecified atom stereocenters. The molecule has 0 radical (unpaired) electrons. The number of carbonyl (C=O) groups excluding carboxylic acids is 1. The Kier molecular flexibility index (Phi) is 7.47. The number of amides is 1. The number of hydrogen-bond donors (Lipinski definition) is 1. The lowest BCUT2D eigenvalue weighted by Crippen LogP contribution is -2.13. The Morgan fingerprint density at radius 3 is 2.15 bits per heavy atom. The summed E-state index contributed by atoms with van der Waals surface area (Å²) in [6, 6.07) is 30.1. The van der Waals surface area contributed by atoms with Gasteiger partial charge in [0.05, 0.1) is 10.7 Å². The van der Waals surface area contributed by atoms with Gasteiger partial charge in [-0.3, -0.25) is 4.79 Å². The number of nitrogens with one attached hydrogen (secondary N) is 1. The maximum absolute atomic E-state index is 12.9. The first-order chi connectivity index (χ1) is 16.1. The summed E-state index contributed by atoms with van der Waals surface area (Å²) in [6.45, 7) is 0.376. The molecule has 0 bridgehead atoms. The molecule has 4 aromatic carbocycles. The second-order valence-electron chi connectivity index (χ2n) is 7.16. The van der Waals surface area contributed by atoms with Crippen LogP contribution in [0, 0.1) is 3.57 Å². The van der Waals surface area contributed by atoms with Crippen LogP contribution in [0.1, 0.15) is 15.9 Å². The molecule has 0 spiro atoms. The zero-order valence-electron chi connectivity index (χ0n) is 18.0. The number of rotatable bonds is 8. The lowest BCUT2D eigenvalue weighted by molar-refractivity contribution is 0.102. The molecule has 0 saturated heterocycles. The molecule has 0 aliphatic carbocycles. The molecular formula is C27H22INO4. The summed E-state index contributed by atoms with van der Waals surface area (Å²) in [6.07, 6.45) is 0. The van der Waals surface area contributed by atoms with Gasteiger partial charge < -0.3 is 19.5 Å². The molecule has 0 aromatic heterocycles. The van der Waals surface area contributed by atoms with Crippen molar-refractivity contribution in [1.29, 1.82) is 0 Å². The van der Waals surface area contributed by atoms with E-state index in [0.29, 0.717) is 35.1 Å². The molecule has 4 rings (SSSR count). The lowest BCUT2D eigenvalue weighted by atomic mass is 10.1. The third kappa shape index (κ3) is 6.04. The van der Waals surface area contributed by atoms with Gasteiger partial charge in [-0.05, 0) is 76.7 Å². The minimum Gasteiger partial charge on any atom is -0.492 e. The van der Waals surface area contributed by atoms with Gasteiger partial charge in [-0.15, -0.1) is 0 Å². The Balaban J connectivity index is 1.46. The molecule has 0 aliphatic heterocycles. The first kappa shape index (κ1) is 22.7. The van der Waals surface area contributed by atoms with Gasteiger partial charge in [0.25, 0.3) is 5.91 Å². The molecule has 0 heterocycles. The fraction of sp³-hybridized carbons (Fsp3) is 0.0741. The number of benzene rings is 4. The summed E-state index contributed by atoms with van der Waals surface area (Å²) in [5.41, 5.74) is 2.17. The summed E-state index contributed by atoms with van der Waals surface area (Å²) >= 11 is 2.14. The highest BCUT2D eigenvalue weighted by atomic mass is 127. The van der Waals surface area contributed by atoms with Crippen LogP contribution in [0.3, 0.4) is 0 Å². The van der Waals surface area contributed by atoms with Crippen molar-refractivity contribution < 1.29 is 19.0 Å². The van der Waals surface area contributed by atoms with E-state index >= 15 is 0 Å². The van der Waals surface area contributed by atoms with Crippen LogP contribution in [0.15, 0.2) is 97.1 Å². The number of methoxy groups -OCH3 is 1. The van der Waals surface area contributed by atoms with Crippen LogP contribution in [-0.4, -0.2) is 13.0 Å². The summed E-state index contributed by atoms with van der Waals surface area (Å²) in [5, 5.41) is 2.92. The Morgan fingerprint density at radius 2 is 1.48 bits per heavy atom. The first-order valence-electron chi connectivity index (χ1n) is 10.3. The fourth-order valence-electron chi connectivity index (χ4n) is 3.17. The number of ether oxygens (including phenoxy) is 3. The third-order valence-corrected chi connectivity index (χ3v) is 5.61. The van der Waals surface area contributed by atoms with Gasteiger partial charge >= 0.3 is 0 Å². The van der Waals surface area contributed by atoms with E-state index < -0.39 is 0 Å². The molecule has 5 nitrogen and oxygen atoms in total. The Labute approximate surface area is 206 Å². The van der Waals surface area contributed by atoms with E-state index in [1.165, 1.54) is 0 Å². The molecule has 166 valence electrons. The molecule has 1 N–H and O–H groups in total. The quantitative estimate of drug-likeness (QED) is 0.242. The van der Waals surface area contributed by atoms with Gasteiger partial charge in [-0.2, -0.15) is 0 Å². The van der Waals surface area contributed by atoms with Crippen molar-refractivity contribution in [2.75, 3.05) is 12.4 Å². The molecule has 0 fully saturated rings. The van der Waals surface area contributed by atoms with E-state index in [9.17, 15) is 4.79 Å². The molecule has 6 heteroatoms. The summed E-state index contributed by atoms with van der Waals surface area (Å²) in [5.74, 6) is 2.33. The molecule has 0 aliphatic rings. The number of halogens is 1. The maximum atomic E-state index is 12.9. The van der Waals surface area contributed by atoms with Crippen LogP contribution in [0.4, 0.5) is 5.69 Å². The van der Waals surface area contributed by atoms with Crippen LogP contribution in [0.5, 0.6) is 23.0 Å². The third-order valence-electron chi connectivity index (χ3n) is 4.80. The van der Waals surface area contributed by atoms with Gasteiger partial charge in [0, 0.05) is 11.3 Å². The summed E-state index contributed by atoms with van der Waals surface area (Å²) < 4.78 is 18.1. The predicted octanol–water partition coefficient (Wildman–Crippen LogP) is 6.92. The highest BCUT2D eigenvalue weighted by Gasteiger charge is 2.16. The van der Waals surface area contributed by atoms with E-state index in [0.717, 1.165) is 14.9 Å². The minimum atomic E-state index is -0.239. The van der Waals surface area contributed by atoms with Crippen molar-refractivity contribution in [3.05, 3.63) is 112 Å². The summed E-state index contributed by atoms with van der Waals surface area (Å²) in [7, 11) is 1.59. The largest absolute Gasteiger partial charge is 0.492 e. The number of hydrogen-bond acceptors (Lipinski definition) is 4. The van der Waals surface area contributed by atoms with E-state index in [4.69, 9.17) is 14.2 Å². The minimum absolute atomic E-state index is 0.239. The molecular weight excluding hydrogens is 529 g/mol. The molecule has 1 amide bonds. The second kappa shape index (κ2) is 10.9. The Hall–Kier alpha value is -3.52. The summed E-state index contributed by atoms with van der Waals surface area (Å²) in [4.78, 5) is 12.9. The highest BCUT2D eigenvalue weighted by molar-refractivity contribution is 14.1. The zero-order valence-corrected chi connectivity index (χ0v) is 20.1. The van der Waals surface area contributed by atoms with Crippen molar-refractivity contribution in [3.63, 3.8) is 0 Å². The van der Waals surface area contributed by atoms with Crippen molar-refractivity contribution in [3.8, 4) is 23.0 Å². The smallest absolute Gasteiger partial charge is 0.255 e.